The number of hydrogen-bond acceptors (Lipinski definition) is 4. The molecule has 0 saturated carbocycles. The molecule has 6 nitrogen and oxygen atoms in total. The molecule has 4 rings (SSSR count). The van der Waals surface area contributed by atoms with Gasteiger partial charge in [0.1, 0.15) is 18.0 Å². The zero-order valence-electron chi connectivity index (χ0n) is 19.0. The Hall–Kier alpha value is -4.35. The van der Waals surface area contributed by atoms with Gasteiger partial charge in [-0.3, -0.25) is 4.79 Å². The van der Waals surface area contributed by atoms with Crippen LogP contribution in [0.2, 0.25) is 5.02 Å². The molecule has 0 radical (unpaired) electrons. The minimum atomic E-state index is -0.748. The van der Waals surface area contributed by atoms with Gasteiger partial charge >= 0.3 is 0 Å². The molecule has 36 heavy (non-hydrogen) atoms. The summed E-state index contributed by atoms with van der Waals surface area (Å²) < 4.78 is 29.6. The zero-order valence-corrected chi connectivity index (χ0v) is 19.7. The smallest absolute Gasteiger partial charge is 0.247 e. The number of benzene rings is 3. The van der Waals surface area contributed by atoms with E-state index >= 15 is 0 Å². The molecule has 180 valence electrons. The van der Waals surface area contributed by atoms with Crippen molar-refractivity contribution in [1.29, 1.82) is 5.26 Å². The lowest BCUT2D eigenvalue weighted by molar-refractivity contribution is -0.127. The first-order chi connectivity index (χ1) is 17.4. The van der Waals surface area contributed by atoms with Gasteiger partial charge in [-0.05, 0) is 41.5 Å². The number of hydrogen-bond donors (Lipinski definition) is 0. The topological polar surface area (TPSA) is 74.8 Å². The van der Waals surface area contributed by atoms with Crippen LogP contribution in [0.3, 0.4) is 0 Å². The highest BCUT2D eigenvalue weighted by Crippen LogP contribution is 2.18. The summed E-state index contributed by atoms with van der Waals surface area (Å²) in [4.78, 5) is 14.6. The van der Waals surface area contributed by atoms with Crippen LogP contribution in [0.5, 0.6) is 0 Å². The lowest BCUT2D eigenvalue weighted by Crippen LogP contribution is -2.30. The molecule has 0 spiro atoms. The summed E-state index contributed by atoms with van der Waals surface area (Å²) in [5, 5.41) is 17.6. The van der Waals surface area contributed by atoms with Gasteiger partial charge in [0.25, 0.3) is 0 Å². The van der Waals surface area contributed by atoms with Gasteiger partial charge in [-0.25, -0.2) is 8.78 Å². The maximum atomic E-state index is 14.4. The molecule has 0 unspecified atom stereocenters. The molecule has 0 aliphatic rings. The molecule has 0 bridgehead atoms. The minimum absolute atomic E-state index is 0.0266. The fraction of sp³-hybridized carbons (Fsp3) is 0.111. The second kappa shape index (κ2) is 11.4. The number of nitriles is 1. The fourth-order valence-electron chi connectivity index (χ4n) is 3.53. The van der Waals surface area contributed by atoms with Crippen LogP contribution in [-0.2, 0) is 24.4 Å². The third-order valence-electron chi connectivity index (χ3n) is 5.46. The number of carbonyl (C=O) groups is 1. The van der Waals surface area contributed by atoms with Gasteiger partial charge in [0.05, 0.1) is 24.7 Å². The Balaban J connectivity index is 1.59. The van der Waals surface area contributed by atoms with Crippen LogP contribution in [0, 0.1) is 23.0 Å². The van der Waals surface area contributed by atoms with Crippen molar-refractivity contribution >= 4 is 23.6 Å². The summed E-state index contributed by atoms with van der Waals surface area (Å²) in [6, 6.07) is 19.5. The quantitative estimate of drug-likeness (QED) is 0.303. The van der Waals surface area contributed by atoms with Crippen molar-refractivity contribution in [2.75, 3.05) is 0 Å². The first-order valence-electron chi connectivity index (χ1n) is 10.9. The highest BCUT2D eigenvalue weighted by Gasteiger charge is 2.18. The molecular formula is C27H20ClF2N5O. The molecule has 0 atom stereocenters. The summed E-state index contributed by atoms with van der Waals surface area (Å²) in [5.74, 6) is -1.38. The Labute approximate surface area is 211 Å². The third-order valence-corrected chi connectivity index (χ3v) is 5.81. The van der Waals surface area contributed by atoms with Gasteiger partial charge in [0.2, 0.25) is 5.91 Å². The summed E-state index contributed by atoms with van der Waals surface area (Å²) >= 11 is 6.18. The lowest BCUT2D eigenvalue weighted by atomic mass is 10.1. The SMILES string of the molecule is N#Cc1ccc(Cn2cnnc2CN(Cc2ccc(F)cc2F)C(=O)C=Cc2ccccc2Cl)cc1. The number of amides is 1. The maximum Gasteiger partial charge on any atom is 0.247 e. The third kappa shape index (κ3) is 6.20. The van der Waals surface area contributed by atoms with Crippen LogP contribution in [0.1, 0.15) is 28.1 Å². The number of rotatable bonds is 8. The number of nitrogens with zero attached hydrogens (tertiary/aromatic N) is 5. The van der Waals surface area contributed by atoms with Crippen molar-refractivity contribution in [3.05, 3.63) is 124 Å². The van der Waals surface area contributed by atoms with Crippen molar-refractivity contribution in [2.24, 2.45) is 0 Å². The van der Waals surface area contributed by atoms with Crippen molar-refractivity contribution in [3.8, 4) is 6.07 Å². The Morgan fingerprint density at radius 3 is 2.58 bits per heavy atom. The summed E-state index contributed by atoms with van der Waals surface area (Å²) in [6.07, 6.45) is 4.47. The first-order valence-corrected chi connectivity index (χ1v) is 11.3. The van der Waals surface area contributed by atoms with Crippen LogP contribution in [-0.4, -0.2) is 25.6 Å². The lowest BCUT2D eigenvalue weighted by Gasteiger charge is -2.22. The second-order valence-electron chi connectivity index (χ2n) is 7.97. The Morgan fingerprint density at radius 2 is 1.86 bits per heavy atom. The predicted octanol–water partition coefficient (Wildman–Crippen LogP) is 5.37. The number of halogens is 3. The van der Waals surface area contributed by atoms with Gasteiger partial charge in [-0.2, -0.15) is 5.26 Å². The van der Waals surface area contributed by atoms with Crippen LogP contribution < -0.4 is 0 Å². The van der Waals surface area contributed by atoms with Crippen LogP contribution >= 0.6 is 11.6 Å². The normalized spacial score (nSPS) is 10.9. The molecule has 3 aromatic carbocycles. The molecule has 4 aromatic rings. The van der Waals surface area contributed by atoms with Crippen LogP contribution in [0.4, 0.5) is 8.78 Å². The van der Waals surface area contributed by atoms with Crippen LogP contribution in [0.15, 0.2) is 79.1 Å². The first kappa shape index (κ1) is 24.8. The van der Waals surface area contributed by atoms with E-state index in [1.807, 2.05) is 12.1 Å². The summed E-state index contributed by atoms with van der Waals surface area (Å²) in [6.45, 7) is 0.330. The largest absolute Gasteiger partial charge is 0.327 e. The zero-order chi connectivity index (χ0) is 25.5. The monoisotopic (exact) mass is 503 g/mol. The molecule has 0 fully saturated rings. The van der Waals surface area contributed by atoms with Crippen molar-refractivity contribution in [3.63, 3.8) is 0 Å². The standard InChI is InChI=1S/C27H20ClF2N5O/c28-24-4-2-1-3-21(24)10-12-27(36)34(16-22-9-11-23(29)13-25(22)30)17-26-33-32-18-35(26)15-20-7-5-19(14-31)6-8-20/h1-13,18H,15-17H2. The Kier molecular flexibility index (Phi) is 7.83. The molecule has 1 aromatic heterocycles. The van der Waals surface area contributed by atoms with Crippen molar-refractivity contribution in [2.45, 2.75) is 19.6 Å². The molecule has 0 aliphatic heterocycles. The average molecular weight is 504 g/mol. The molecule has 0 aliphatic carbocycles. The van der Waals surface area contributed by atoms with E-state index in [0.29, 0.717) is 28.5 Å². The van der Waals surface area contributed by atoms with E-state index in [0.717, 1.165) is 17.7 Å². The number of aromatic nitrogens is 3. The van der Waals surface area contributed by atoms with Gasteiger partial charge in [-0.1, -0.05) is 48.0 Å². The maximum absolute atomic E-state index is 14.4. The van der Waals surface area contributed by atoms with E-state index in [4.69, 9.17) is 16.9 Å². The van der Waals surface area contributed by atoms with E-state index in [-0.39, 0.29) is 18.7 Å². The number of carbonyl (C=O) groups excluding carboxylic acids is 1. The van der Waals surface area contributed by atoms with Gasteiger partial charge in [0.15, 0.2) is 5.82 Å². The van der Waals surface area contributed by atoms with E-state index in [9.17, 15) is 13.6 Å². The average Bonchev–Trinajstić information content (AvgIpc) is 3.31. The van der Waals surface area contributed by atoms with Crippen molar-refractivity contribution in [1.82, 2.24) is 19.7 Å². The molecule has 1 heterocycles. The van der Waals surface area contributed by atoms with E-state index in [1.165, 1.54) is 23.4 Å². The Bertz CT molecular complexity index is 1440. The van der Waals surface area contributed by atoms with Gasteiger partial charge < -0.3 is 9.47 Å². The molecule has 1 amide bonds. The van der Waals surface area contributed by atoms with Gasteiger partial charge in [0, 0.05) is 29.3 Å². The predicted molar refractivity (Wildman–Crippen MR) is 131 cm³/mol. The summed E-state index contributed by atoms with van der Waals surface area (Å²) in [5.41, 5.74) is 2.28. The fourth-order valence-corrected chi connectivity index (χ4v) is 3.73. The summed E-state index contributed by atoms with van der Waals surface area (Å²) in [7, 11) is 0. The Morgan fingerprint density at radius 1 is 1.08 bits per heavy atom. The minimum Gasteiger partial charge on any atom is -0.327 e. The van der Waals surface area contributed by atoms with E-state index < -0.39 is 17.5 Å². The highest BCUT2D eigenvalue weighted by molar-refractivity contribution is 6.32. The van der Waals surface area contributed by atoms with E-state index in [2.05, 4.69) is 16.3 Å². The highest BCUT2D eigenvalue weighted by atomic mass is 35.5. The molecule has 9 heteroatoms. The van der Waals surface area contributed by atoms with E-state index in [1.54, 1.807) is 47.0 Å². The van der Waals surface area contributed by atoms with Gasteiger partial charge in [-0.15, -0.1) is 10.2 Å². The molecule has 0 saturated heterocycles. The molecular weight excluding hydrogens is 484 g/mol. The van der Waals surface area contributed by atoms with Crippen molar-refractivity contribution < 1.29 is 13.6 Å². The van der Waals surface area contributed by atoms with Crippen LogP contribution in [0.25, 0.3) is 6.08 Å². The second-order valence-corrected chi connectivity index (χ2v) is 8.38. The molecule has 0 N–H and O–H groups in total.